The van der Waals surface area contributed by atoms with E-state index in [0.29, 0.717) is 5.92 Å². The Kier molecular flexibility index (Phi) is 5.99. The molecule has 1 aliphatic carbocycles. The fourth-order valence-electron chi connectivity index (χ4n) is 2.83. The van der Waals surface area contributed by atoms with Crippen LogP contribution in [0.4, 0.5) is 0 Å². The van der Waals surface area contributed by atoms with Gasteiger partial charge in [-0.3, -0.25) is 4.79 Å². The van der Waals surface area contributed by atoms with Gasteiger partial charge in [0, 0.05) is 12.3 Å². The van der Waals surface area contributed by atoms with Crippen LogP contribution in [0.5, 0.6) is 0 Å². The minimum Gasteiger partial charge on any atom is -0.452 e. The Labute approximate surface area is 142 Å². The number of benzene rings is 1. The molecular formula is C17H23NO5S. The lowest BCUT2D eigenvalue weighted by molar-refractivity contribution is -0.125. The standard InChI is InChI=1S/C17H23NO5S/c1-12-5-3-4-6-15(12)18-16(19)11-23-17(20)13-7-9-14(10-8-13)24(2,21)22/h7-10,12,15H,3-6,11H2,1-2H3,(H,18,19). The van der Waals surface area contributed by atoms with Crippen molar-refractivity contribution in [3.8, 4) is 0 Å². The number of carbonyl (C=O) groups is 2. The van der Waals surface area contributed by atoms with Crippen LogP contribution >= 0.6 is 0 Å². The van der Waals surface area contributed by atoms with E-state index in [-0.39, 0.29) is 29.0 Å². The highest BCUT2D eigenvalue weighted by atomic mass is 32.2. The number of amides is 1. The summed E-state index contributed by atoms with van der Waals surface area (Å²) in [6.45, 7) is 1.77. The van der Waals surface area contributed by atoms with Crippen molar-refractivity contribution in [1.82, 2.24) is 5.32 Å². The molecule has 2 atom stereocenters. The van der Waals surface area contributed by atoms with Gasteiger partial charge in [0.1, 0.15) is 0 Å². The van der Waals surface area contributed by atoms with E-state index in [1.165, 1.54) is 30.7 Å². The molecule has 1 amide bonds. The van der Waals surface area contributed by atoms with Gasteiger partial charge in [0.2, 0.25) is 0 Å². The predicted molar refractivity (Wildman–Crippen MR) is 89.4 cm³/mol. The summed E-state index contributed by atoms with van der Waals surface area (Å²) in [5.74, 6) is -0.529. The van der Waals surface area contributed by atoms with Gasteiger partial charge in [-0.15, -0.1) is 0 Å². The van der Waals surface area contributed by atoms with Crippen molar-refractivity contribution in [2.45, 2.75) is 43.5 Å². The summed E-state index contributed by atoms with van der Waals surface area (Å²) >= 11 is 0. The highest BCUT2D eigenvalue weighted by Crippen LogP contribution is 2.23. The Hall–Kier alpha value is -1.89. The monoisotopic (exact) mass is 353 g/mol. The molecule has 2 rings (SSSR count). The Morgan fingerprint density at radius 3 is 2.38 bits per heavy atom. The van der Waals surface area contributed by atoms with E-state index in [4.69, 9.17) is 4.74 Å². The number of carbonyl (C=O) groups excluding carboxylic acids is 2. The van der Waals surface area contributed by atoms with E-state index in [1.807, 2.05) is 0 Å². The molecule has 1 saturated carbocycles. The van der Waals surface area contributed by atoms with Crippen molar-refractivity contribution >= 4 is 21.7 Å². The van der Waals surface area contributed by atoms with Gasteiger partial charge in [-0.1, -0.05) is 19.8 Å². The lowest BCUT2D eigenvalue weighted by Crippen LogP contribution is -2.42. The zero-order valence-corrected chi connectivity index (χ0v) is 14.8. The van der Waals surface area contributed by atoms with Crippen molar-refractivity contribution in [2.75, 3.05) is 12.9 Å². The van der Waals surface area contributed by atoms with Crippen LogP contribution in [0.25, 0.3) is 0 Å². The molecule has 1 fully saturated rings. The minimum atomic E-state index is -3.31. The van der Waals surface area contributed by atoms with Gasteiger partial charge in [0.15, 0.2) is 16.4 Å². The molecule has 1 aromatic rings. The average molecular weight is 353 g/mol. The Morgan fingerprint density at radius 2 is 1.79 bits per heavy atom. The Balaban J connectivity index is 1.85. The maximum absolute atomic E-state index is 11.9. The first-order valence-corrected chi connectivity index (χ1v) is 9.93. The summed E-state index contributed by atoms with van der Waals surface area (Å²) < 4.78 is 27.7. The topological polar surface area (TPSA) is 89.5 Å². The molecule has 0 aliphatic heterocycles. The zero-order chi connectivity index (χ0) is 17.7. The summed E-state index contributed by atoms with van der Waals surface area (Å²) in [4.78, 5) is 24.0. The molecule has 0 saturated heterocycles. The number of rotatable bonds is 5. The summed E-state index contributed by atoms with van der Waals surface area (Å²) in [7, 11) is -3.31. The third-order valence-corrected chi connectivity index (χ3v) is 5.44. The molecule has 7 heteroatoms. The van der Waals surface area contributed by atoms with Gasteiger partial charge in [-0.05, 0) is 43.0 Å². The molecular weight excluding hydrogens is 330 g/mol. The van der Waals surface area contributed by atoms with Gasteiger partial charge in [0.05, 0.1) is 10.5 Å². The van der Waals surface area contributed by atoms with Crippen LogP contribution in [-0.2, 0) is 19.4 Å². The normalized spacial score (nSPS) is 21.1. The number of hydrogen-bond donors (Lipinski definition) is 1. The van der Waals surface area contributed by atoms with E-state index < -0.39 is 15.8 Å². The van der Waals surface area contributed by atoms with E-state index in [0.717, 1.165) is 25.5 Å². The molecule has 1 aromatic carbocycles. The molecule has 0 bridgehead atoms. The van der Waals surface area contributed by atoms with Crippen molar-refractivity contribution in [3.05, 3.63) is 29.8 Å². The quantitative estimate of drug-likeness (QED) is 0.817. The van der Waals surface area contributed by atoms with Gasteiger partial charge >= 0.3 is 5.97 Å². The smallest absolute Gasteiger partial charge is 0.338 e. The van der Waals surface area contributed by atoms with Gasteiger partial charge in [-0.2, -0.15) is 0 Å². The summed E-state index contributed by atoms with van der Waals surface area (Å²) in [6, 6.07) is 5.57. The zero-order valence-electron chi connectivity index (χ0n) is 13.9. The maximum Gasteiger partial charge on any atom is 0.338 e. The van der Waals surface area contributed by atoms with Gasteiger partial charge in [-0.25, -0.2) is 13.2 Å². The van der Waals surface area contributed by atoms with Crippen LogP contribution in [0.2, 0.25) is 0 Å². The number of nitrogens with one attached hydrogen (secondary N) is 1. The number of esters is 1. The van der Waals surface area contributed by atoms with Gasteiger partial charge in [0.25, 0.3) is 5.91 Å². The second-order valence-corrected chi connectivity index (χ2v) is 8.32. The molecule has 24 heavy (non-hydrogen) atoms. The molecule has 0 spiro atoms. The Morgan fingerprint density at radius 1 is 1.17 bits per heavy atom. The SMILES string of the molecule is CC1CCCCC1NC(=O)COC(=O)c1ccc(S(C)(=O)=O)cc1. The molecule has 1 aliphatic rings. The highest BCUT2D eigenvalue weighted by Gasteiger charge is 2.23. The third kappa shape index (κ3) is 5.06. The molecule has 6 nitrogen and oxygen atoms in total. The molecule has 2 unspecified atom stereocenters. The number of sulfone groups is 1. The number of ether oxygens (including phenoxy) is 1. The van der Waals surface area contributed by atoms with Gasteiger partial charge < -0.3 is 10.1 Å². The number of hydrogen-bond acceptors (Lipinski definition) is 5. The second kappa shape index (κ2) is 7.79. The molecule has 132 valence electrons. The largest absolute Gasteiger partial charge is 0.452 e. The van der Waals surface area contributed by atoms with E-state index >= 15 is 0 Å². The lowest BCUT2D eigenvalue weighted by Gasteiger charge is -2.29. The lowest BCUT2D eigenvalue weighted by atomic mass is 9.86. The fraction of sp³-hybridized carbons (Fsp3) is 0.529. The van der Waals surface area contributed by atoms with Crippen LogP contribution in [0.3, 0.4) is 0 Å². The van der Waals surface area contributed by atoms with Crippen LogP contribution in [0.15, 0.2) is 29.2 Å². The molecule has 0 heterocycles. The molecule has 1 N–H and O–H groups in total. The summed E-state index contributed by atoms with van der Waals surface area (Å²) in [5.41, 5.74) is 0.209. The van der Waals surface area contributed by atoms with Crippen LogP contribution in [-0.4, -0.2) is 39.2 Å². The van der Waals surface area contributed by atoms with Crippen molar-refractivity contribution in [3.63, 3.8) is 0 Å². The van der Waals surface area contributed by atoms with E-state index in [1.54, 1.807) is 0 Å². The third-order valence-electron chi connectivity index (χ3n) is 4.31. The van der Waals surface area contributed by atoms with Crippen molar-refractivity contribution in [1.29, 1.82) is 0 Å². The van der Waals surface area contributed by atoms with Crippen LogP contribution in [0.1, 0.15) is 43.0 Å². The maximum atomic E-state index is 11.9. The first kappa shape index (κ1) is 18.4. The van der Waals surface area contributed by atoms with E-state index in [2.05, 4.69) is 12.2 Å². The van der Waals surface area contributed by atoms with Crippen LogP contribution in [0, 0.1) is 5.92 Å². The molecule has 0 aromatic heterocycles. The first-order chi connectivity index (χ1) is 11.3. The summed E-state index contributed by atoms with van der Waals surface area (Å²) in [5, 5.41) is 2.91. The van der Waals surface area contributed by atoms with Crippen molar-refractivity contribution in [2.24, 2.45) is 5.92 Å². The van der Waals surface area contributed by atoms with Crippen molar-refractivity contribution < 1.29 is 22.7 Å². The second-order valence-electron chi connectivity index (χ2n) is 6.31. The predicted octanol–water partition coefficient (Wildman–Crippen LogP) is 1.94. The Bertz CT molecular complexity index is 696. The van der Waals surface area contributed by atoms with E-state index in [9.17, 15) is 18.0 Å². The fourth-order valence-corrected chi connectivity index (χ4v) is 3.46. The van der Waals surface area contributed by atoms with Crippen LogP contribution < -0.4 is 5.32 Å². The average Bonchev–Trinajstić information content (AvgIpc) is 2.54. The first-order valence-electron chi connectivity index (χ1n) is 8.04. The molecule has 0 radical (unpaired) electrons. The minimum absolute atomic E-state index is 0.128. The highest BCUT2D eigenvalue weighted by molar-refractivity contribution is 7.90. The summed E-state index contributed by atoms with van der Waals surface area (Å²) in [6.07, 6.45) is 5.43.